The molecule has 0 bridgehead atoms. The van der Waals surface area contributed by atoms with Crippen molar-refractivity contribution in [3.63, 3.8) is 0 Å². The van der Waals surface area contributed by atoms with Crippen LogP contribution in [0.5, 0.6) is 0 Å². The smallest absolute Gasteiger partial charge is 0.249 e. The zero-order chi connectivity index (χ0) is 18.5. The lowest BCUT2D eigenvalue weighted by molar-refractivity contribution is -0.155. The summed E-state index contributed by atoms with van der Waals surface area (Å²) >= 11 is 0. The number of carbonyl (C=O) groups excluding carboxylic acids is 2. The lowest BCUT2D eigenvalue weighted by atomic mass is 10.1. The van der Waals surface area contributed by atoms with Crippen LogP contribution in [0.3, 0.4) is 0 Å². The Balaban J connectivity index is 1.60. The van der Waals surface area contributed by atoms with Gasteiger partial charge in [-0.2, -0.15) is 5.10 Å². The monoisotopic (exact) mass is 356 g/mol. The van der Waals surface area contributed by atoms with Crippen LogP contribution in [0.1, 0.15) is 17.0 Å². The summed E-state index contributed by atoms with van der Waals surface area (Å²) < 4.78 is 7.16. The Hall–Kier alpha value is -2.67. The molecule has 2 aromatic rings. The van der Waals surface area contributed by atoms with E-state index in [1.807, 2.05) is 54.9 Å². The Bertz CT molecular complexity index is 772. The first-order valence-electron chi connectivity index (χ1n) is 8.74. The van der Waals surface area contributed by atoms with Crippen LogP contribution in [0.25, 0.3) is 0 Å². The SMILES string of the molecule is Cc1cc(C)n(CCNC(=O)C2COCC(=O)N2Cc2ccccc2)n1. The van der Waals surface area contributed by atoms with E-state index in [2.05, 4.69) is 10.4 Å². The van der Waals surface area contributed by atoms with Crippen LogP contribution in [0.4, 0.5) is 0 Å². The summed E-state index contributed by atoms with van der Waals surface area (Å²) in [6.07, 6.45) is 0. The molecule has 2 heterocycles. The third kappa shape index (κ3) is 4.29. The number of rotatable bonds is 6. The molecule has 26 heavy (non-hydrogen) atoms. The van der Waals surface area contributed by atoms with Crippen molar-refractivity contribution < 1.29 is 14.3 Å². The summed E-state index contributed by atoms with van der Waals surface area (Å²) in [5.74, 6) is -0.366. The molecule has 1 fully saturated rings. The molecule has 1 aliphatic rings. The van der Waals surface area contributed by atoms with Crippen LogP contribution in [0.15, 0.2) is 36.4 Å². The molecule has 1 N–H and O–H groups in total. The van der Waals surface area contributed by atoms with Crippen LogP contribution >= 0.6 is 0 Å². The number of ether oxygens (including phenoxy) is 1. The zero-order valence-electron chi connectivity index (χ0n) is 15.1. The van der Waals surface area contributed by atoms with Gasteiger partial charge < -0.3 is 15.0 Å². The van der Waals surface area contributed by atoms with Gasteiger partial charge >= 0.3 is 0 Å². The van der Waals surface area contributed by atoms with Gasteiger partial charge in [0.15, 0.2) is 0 Å². The van der Waals surface area contributed by atoms with E-state index in [4.69, 9.17) is 4.74 Å². The van der Waals surface area contributed by atoms with Crippen molar-refractivity contribution in [1.29, 1.82) is 0 Å². The molecule has 3 rings (SSSR count). The molecule has 2 amide bonds. The van der Waals surface area contributed by atoms with E-state index in [1.54, 1.807) is 4.90 Å². The molecule has 1 saturated heterocycles. The van der Waals surface area contributed by atoms with Crippen molar-refractivity contribution in [3.8, 4) is 0 Å². The number of nitrogens with one attached hydrogen (secondary N) is 1. The van der Waals surface area contributed by atoms with Gasteiger partial charge in [-0.05, 0) is 25.5 Å². The summed E-state index contributed by atoms with van der Waals surface area (Å²) in [5.41, 5.74) is 3.00. The summed E-state index contributed by atoms with van der Waals surface area (Å²) in [4.78, 5) is 26.5. The average Bonchev–Trinajstić information content (AvgIpc) is 2.95. The molecular weight excluding hydrogens is 332 g/mol. The fraction of sp³-hybridized carbons (Fsp3) is 0.421. The van der Waals surface area contributed by atoms with Gasteiger partial charge in [0.2, 0.25) is 11.8 Å². The Kier molecular flexibility index (Phi) is 5.68. The fourth-order valence-electron chi connectivity index (χ4n) is 3.10. The molecule has 0 aliphatic carbocycles. The summed E-state index contributed by atoms with van der Waals surface area (Å²) in [6.45, 7) is 5.59. The summed E-state index contributed by atoms with van der Waals surface area (Å²) in [6, 6.07) is 11.0. The molecule has 0 saturated carbocycles. The van der Waals surface area contributed by atoms with Gasteiger partial charge in [-0.15, -0.1) is 0 Å². The number of amides is 2. The third-order valence-electron chi connectivity index (χ3n) is 4.42. The number of aryl methyl sites for hydroxylation is 2. The maximum absolute atomic E-state index is 12.6. The van der Waals surface area contributed by atoms with E-state index in [0.29, 0.717) is 19.6 Å². The molecule has 0 radical (unpaired) electrons. The molecule has 138 valence electrons. The Labute approximate surface area is 152 Å². The first-order chi connectivity index (χ1) is 12.5. The number of benzene rings is 1. The van der Waals surface area contributed by atoms with Gasteiger partial charge in [-0.25, -0.2) is 0 Å². The maximum atomic E-state index is 12.6. The molecule has 1 aromatic carbocycles. The second-order valence-corrected chi connectivity index (χ2v) is 6.48. The third-order valence-corrected chi connectivity index (χ3v) is 4.42. The van der Waals surface area contributed by atoms with E-state index in [9.17, 15) is 9.59 Å². The number of carbonyl (C=O) groups is 2. The Morgan fingerprint density at radius 1 is 1.31 bits per heavy atom. The highest BCUT2D eigenvalue weighted by atomic mass is 16.5. The number of aromatic nitrogens is 2. The van der Waals surface area contributed by atoms with Crippen molar-refractivity contribution >= 4 is 11.8 Å². The number of nitrogens with zero attached hydrogens (tertiary/aromatic N) is 3. The normalized spacial score (nSPS) is 17.4. The molecule has 7 nitrogen and oxygen atoms in total. The highest BCUT2D eigenvalue weighted by Crippen LogP contribution is 2.14. The molecule has 1 unspecified atom stereocenters. The predicted molar refractivity (Wildman–Crippen MR) is 96.3 cm³/mol. The molecule has 7 heteroatoms. The van der Waals surface area contributed by atoms with Crippen molar-refractivity contribution in [1.82, 2.24) is 20.0 Å². The van der Waals surface area contributed by atoms with E-state index in [-0.39, 0.29) is 25.0 Å². The molecule has 1 aromatic heterocycles. The van der Waals surface area contributed by atoms with Gasteiger partial charge in [0.1, 0.15) is 12.6 Å². The largest absolute Gasteiger partial charge is 0.369 e. The first-order valence-corrected chi connectivity index (χ1v) is 8.74. The molecule has 1 aliphatic heterocycles. The quantitative estimate of drug-likeness (QED) is 0.839. The van der Waals surface area contributed by atoms with Crippen LogP contribution in [0, 0.1) is 13.8 Å². The predicted octanol–water partition coefficient (Wildman–Crippen LogP) is 1.04. The summed E-state index contributed by atoms with van der Waals surface area (Å²) in [5, 5.41) is 7.28. The van der Waals surface area contributed by atoms with E-state index in [0.717, 1.165) is 17.0 Å². The van der Waals surface area contributed by atoms with Gasteiger partial charge in [-0.1, -0.05) is 30.3 Å². The summed E-state index contributed by atoms with van der Waals surface area (Å²) in [7, 11) is 0. The van der Waals surface area contributed by atoms with Gasteiger partial charge in [0, 0.05) is 18.8 Å². The van der Waals surface area contributed by atoms with Crippen molar-refractivity contribution in [2.75, 3.05) is 19.8 Å². The van der Waals surface area contributed by atoms with Crippen LogP contribution in [-0.2, 0) is 27.4 Å². The van der Waals surface area contributed by atoms with Crippen LogP contribution in [-0.4, -0.2) is 52.3 Å². The molecule has 1 atom stereocenters. The van der Waals surface area contributed by atoms with E-state index in [1.165, 1.54) is 0 Å². The Morgan fingerprint density at radius 3 is 2.77 bits per heavy atom. The minimum Gasteiger partial charge on any atom is -0.369 e. The van der Waals surface area contributed by atoms with Crippen molar-refractivity contribution in [2.24, 2.45) is 0 Å². The lowest BCUT2D eigenvalue weighted by Gasteiger charge is -2.34. The average molecular weight is 356 g/mol. The van der Waals surface area contributed by atoms with E-state index < -0.39 is 6.04 Å². The zero-order valence-corrected chi connectivity index (χ0v) is 15.1. The highest BCUT2D eigenvalue weighted by Gasteiger charge is 2.33. The van der Waals surface area contributed by atoms with Gasteiger partial charge in [0.25, 0.3) is 0 Å². The van der Waals surface area contributed by atoms with Gasteiger partial charge in [-0.3, -0.25) is 14.3 Å². The van der Waals surface area contributed by atoms with Crippen LogP contribution in [0.2, 0.25) is 0 Å². The Morgan fingerprint density at radius 2 is 2.08 bits per heavy atom. The van der Waals surface area contributed by atoms with Crippen molar-refractivity contribution in [2.45, 2.75) is 33.0 Å². The number of morpholine rings is 1. The fourth-order valence-corrected chi connectivity index (χ4v) is 3.10. The minimum absolute atomic E-state index is 0.0162. The lowest BCUT2D eigenvalue weighted by Crippen LogP contribution is -2.56. The second kappa shape index (κ2) is 8.14. The molecule has 0 spiro atoms. The standard InChI is InChI=1S/C19H24N4O3/c1-14-10-15(2)23(21-14)9-8-20-19(25)17-12-26-13-18(24)22(17)11-16-6-4-3-5-7-16/h3-7,10,17H,8-9,11-13H2,1-2H3,(H,20,25). The topological polar surface area (TPSA) is 76.5 Å². The molecular formula is C19H24N4O3. The number of hydrogen-bond donors (Lipinski definition) is 1. The number of hydrogen-bond acceptors (Lipinski definition) is 4. The van der Waals surface area contributed by atoms with Crippen LogP contribution < -0.4 is 5.32 Å². The maximum Gasteiger partial charge on any atom is 0.249 e. The second-order valence-electron chi connectivity index (χ2n) is 6.48. The van der Waals surface area contributed by atoms with Gasteiger partial charge in [0.05, 0.1) is 18.8 Å². The van der Waals surface area contributed by atoms with E-state index >= 15 is 0 Å². The van der Waals surface area contributed by atoms with Crippen molar-refractivity contribution in [3.05, 3.63) is 53.3 Å². The minimum atomic E-state index is -0.614. The first kappa shape index (κ1) is 18.1. The highest BCUT2D eigenvalue weighted by molar-refractivity contribution is 5.89.